The normalized spacial score (nSPS) is 32.6. The van der Waals surface area contributed by atoms with Gasteiger partial charge in [0.2, 0.25) is 0 Å². The highest BCUT2D eigenvalue weighted by Crippen LogP contribution is 2.32. The Labute approximate surface area is 117 Å². The van der Waals surface area contributed by atoms with Crippen LogP contribution >= 0.6 is 0 Å². The van der Waals surface area contributed by atoms with Crippen molar-refractivity contribution in [3.63, 3.8) is 0 Å². The first-order chi connectivity index (χ1) is 9.25. The summed E-state index contributed by atoms with van der Waals surface area (Å²) in [6.45, 7) is 8.65. The molecule has 0 saturated carbocycles. The van der Waals surface area contributed by atoms with E-state index in [-0.39, 0.29) is 0 Å². The standard InChI is InChI=1S/C17H26N2/c1-17(9-5-10-18-13-17)14-19-11-8-16(12-19)15-6-3-2-4-7-15/h2-4,6-7,16,18H,5,8-14H2,1H3. The first-order valence-corrected chi connectivity index (χ1v) is 7.73. The fourth-order valence-corrected chi connectivity index (χ4v) is 3.77. The number of piperidine rings is 1. The van der Waals surface area contributed by atoms with E-state index in [0.29, 0.717) is 5.41 Å². The van der Waals surface area contributed by atoms with Gasteiger partial charge >= 0.3 is 0 Å². The predicted molar refractivity (Wildman–Crippen MR) is 80.5 cm³/mol. The quantitative estimate of drug-likeness (QED) is 0.897. The summed E-state index contributed by atoms with van der Waals surface area (Å²) in [5.41, 5.74) is 2.01. The molecule has 2 aliphatic rings. The zero-order valence-electron chi connectivity index (χ0n) is 12.1. The molecule has 3 rings (SSSR count). The van der Waals surface area contributed by atoms with Crippen LogP contribution in [-0.4, -0.2) is 37.6 Å². The molecule has 1 N–H and O–H groups in total. The smallest absolute Gasteiger partial charge is 0.00510 e. The summed E-state index contributed by atoms with van der Waals surface area (Å²) in [7, 11) is 0. The van der Waals surface area contributed by atoms with E-state index in [9.17, 15) is 0 Å². The minimum atomic E-state index is 0.490. The van der Waals surface area contributed by atoms with E-state index in [1.54, 1.807) is 0 Å². The molecule has 2 fully saturated rings. The summed E-state index contributed by atoms with van der Waals surface area (Å²) in [5, 5.41) is 3.57. The zero-order chi connectivity index (χ0) is 13.1. The molecule has 104 valence electrons. The Morgan fingerprint density at radius 1 is 1.32 bits per heavy atom. The highest BCUT2D eigenvalue weighted by Gasteiger charge is 2.32. The maximum Gasteiger partial charge on any atom is 0.00510 e. The number of likely N-dealkylation sites (tertiary alicyclic amines) is 1. The van der Waals surface area contributed by atoms with Crippen LogP contribution in [0.25, 0.3) is 0 Å². The zero-order valence-corrected chi connectivity index (χ0v) is 12.1. The van der Waals surface area contributed by atoms with Crippen molar-refractivity contribution in [1.29, 1.82) is 0 Å². The highest BCUT2D eigenvalue weighted by molar-refractivity contribution is 5.21. The molecule has 2 aliphatic heterocycles. The van der Waals surface area contributed by atoms with Crippen molar-refractivity contribution in [2.45, 2.75) is 32.1 Å². The molecule has 1 aromatic carbocycles. The van der Waals surface area contributed by atoms with Gasteiger partial charge in [-0.2, -0.15) is 0 Å². The van der Waals surface area contributed by atoms with Crippen LogP contribution in [0.15, 0.2) is 30.3 Å². The lowest BCUT2D eigenvalue weighted by molar-refractivity contribution is 0.151. The second-order valence-electron chi connectivity index (χ2n) is 6.72. The van der Waals surface area contributed by atoms with Crippen LogP contribution < -0.4 is 5.32 Å². The van der Waals surface area contributed by atoms with Crippen molar-refractivity contribution >= 4 is 0 Å². The Morgan fingerprint density at radius 2 is 2.16 bits per heavy atom. The molecule has 2 unspecified atom stereocenters. The van der Waals surface area contributed by atoms with Crippen LogP contribution in [0, 0.1) is 5.41 Å². The summed E-state index contributed by atoms with van der Waals surface area (Å²) in [5.74, 6) is 0.751. The topological polar surface area (TPSA) is 15.3 Å². The van der Waals surface area contributed by atoms with E-state index in [1.807, 2.05) is 0 Å². The van der Waals surface area contributed by atoms with Crippen molar-refractivity contribution in [3.8, 4) is 0 Å². The Balaban J connectivity index is 1.57. The fraction of sp³-hybridized carbons (Fsp3) is 0.647. The summed E-state index contributed by atoms with van der Waals surface area (Å²) >= 11 is 0. The van der Waals surface area contributed by atoms with Crippen LogP contribution in [0.5, 0.6) is 0 Å². The summed E-state index contributed by atoms with van der Waals surface area (Å²) in [6, 6.07) is 11.0. The number of benzene rings is 1. The number of rotatable bonds is 3. The molecule has 0 aromatic heterocycles. The molecule has 2 heteroatoms. The summed E-state index contributed by atoms with van der Waals surface area (Å²) < 4.78 is 0. The second-order valence-corrected chi connectivity index (χ2v) is 6.72. The van der Waals surface area contributed by atoms with Crippen molar-refractivity contribution in [2.24, 2.45) is 5.41 Å². The molecule has 19 heavy (non-hydrogen) atoms. The SMILES string of the molecule is CC1(CN2CCC(c3ccccc3)C2)CCCNC1. The molecular weight excluding hydrogens is 232 g/mol. The molecule has 1 aromatic rings. The average Bonchev–Trinajstić information content (AvgIpc) is 2.88. The van der Waals surface area contributed by atoms with Gasteiger partial charge in [0.15, 0.2) is 0 Å². The van der Waals surface area contributed by atoms with Crippen molar-refractivity contribution in [1.82, 2.24) is 10.2 Å². The van der Waals surface area contributed by atoms with E-state index in [1.165, 1.54) is 57.5 Å². The first kappa shape index (κ1) is 13.1. The molecule has 0 amide bonds. The summed E-state index contributed by atoms with van der Waals surface area (Å²) in [4.78, 5) is 2.69. The predicted octanol–water partition coefficient (Wildman–Crippen LogP) is 2.87. The van der Waals surface area contributed by atoms with Crippen LogP contribution in [0.3, 0.4) is 0 Å². The number of hydrogen-bond acceptors (Lipinski definition) is 2. The van der Waals surface area contributed by atoms with Gasteiger partial charge in [-0.05, 0) is 49.2 Å². The van der Waals surface area contributed by atoms with E-state index in [4.69, 9.17) is 0 Å². The van der Waals surface area contributed by atoms with Gasteiger partial charge in [-0.15, -0.1) is 0 Å². The lowest BCUT2D eigenvalue weighted by Crippen LogP contribution is -2.45. The van der Waals surface area contributed by atoms with Crippen LogP contribution in [0.4, 0.5) is 0 Å². The van der Waals surface area contributed by atoms with Crippen molar-refractivity contribution in [2.75, 3.05) is 32.7 Å². The molecule has 0 aliphatic carbocycles. The number of nitrogens with zero attached hydrogens (tertiary/aromatic N) is 1. The molecular formula is C17H26N2. The van der Waals surface area contributed by atoms with Gasteiger partial charge in [-0.1, -0.05) is 37.3 Å². The Kier molecular flexibility index (Phi) is 3.90. The van der Waals surface area contributed by atoms with Gasteiger partial charge in [0, 0.05) is 19.6 Å². The van der Waals surface area contributed by atoms with Crippen LogP contribution in [0.2, 0.25) is 0 Å². The molecule has 2 saturated heterocycles. The van der Waals surface area contributed by atoms with Gasteiger partial charge in [0.05, 0.1) is 0 Å². The van der Waals surface area contributed by atoms with Crippen molar-refractivity contribution < 1.29 is 0 Å². The molecule has 2 heterocycles. The van der Waals surface area contributed by atoms with Gasteiger partial charge in [-0.3, -0.25) is 0 Å². The minimum absolute atomic E-state index is 0.490. The first-order valence-electron chi connectivity index (χ1n) is 7.73. The van der Waals surface area contributed by atoms with Crippen molar-refractivity contribution in [3.05, 3.63) is 35.9 Å². The Hall–Kier alpha value is -0.860. The van der Waals surface area contributed by atoms with E-state index in [2.05, 4.69) is 47.5 Å². The van der Waals surface area contributed by atoms with Gasteiger partial charge in [-0.25, -0.2) is 0 Å². The number of hydrogen-bond donors (Lipinski definition) is 1. The molecule has 0 radical (unpaired) electrons. The lowest BCUT2D eigenvalue weighted by atomic mass is 9.82. The Bertz CT molecular complexity index is 395. The number of nitrogens with one attached hydrogen (secondary N) is 1. The lowest BCUT2D eigenvalue weighted by Gasteiger charge is -2.37. The third kappa shape index (κ3) is 3.18. The minimum Gasteiger partial charge on any atom is -0.316 e. The third-order valence-corrected chi connectivity index (χ3v) is 4.83. The Morgan fingerprint density at radius 3 is 2.89 bits per heavy atom. The second kappa shape index (κ2) is 5.64. The molecule has 0 bridgehead atoms. The molecule has 2 atom stereocenters. The molecule has 2 nitrogen and oxygen atoms in total. The van der Waals surface area contributed by atoms with E-state index < -0.39 is 0 Å². The van der Waals surface area contributed by atoms with E-state index >= 15 is 0 Å². The monoisotopic (exact) mass is 258 g/mol. The average molecular weight is 258 g/mol. The largest absolute Gasteiger partial charge is 0.316 e. The van der Waals surface area contributed by atoms with Gasteiger partial charge in [0.1, 0.15) is 0 Å². The fourth-order valence-electron chi connectivity index (χ4n) is 3.77. The maximum absolute atomic E-state index is 3.57. The van der Waals surface area contributed by atoms with E-state index in [0.717, 1.165) is 5.92 Å². The van der Waals surface area contributed by atoms with Gasteiger partial charge < -0.3 is 10.2 Å². The maximum atomic E-state index is 3.57. The molecule has 0 spiro atoms. The van der Waals surface area contributed by atoms with Crippen LogP contribution in [0.1, 0.15) is 37.7 Å². The van der Waals surface area contributed by atoms with Crippen LogP contribution in [-0.2, 0) is 0 Å². The van der Waals surface area contributed by atoms with Gasteiger partial charge in [0.25, 0.3) is 0 Å². The third-order valence-electron chi connectivity index (χ3n) is 4.83. The highest BCUT2D eigenvalue weighted by atomic mass is 15.2. The summed E-state index contributed by atoms with van der Waals surface area (Å²) in [6.07, 6.45) is 4.05.